The predicted octanol–water partition coefficient (Wildman–Crippen LogP) is 3.64. The summed E-state index contributed by atoms with van der Waals surface area (Å²) >= 11 is 0. The van der Waals surface area contributed by atoms with Gasteiger partial charge in [0, 0.05) is 18.2 Å². The molecule has 7 nitrogen and oxygen atoms in total. The highest BCUT2D eigenvalue weighted by molar-refractivity contribution is 5.93. The van der Waals surface area contributed by atoms with Crippen LogP contribution < -0.4 is 5.48 Å². The van der Waals surface area contributed by atoms with Crippen LogP contribution in [0.4, 0.5) is 0 Å². The summed E-state index contributed by atoms with van der Waals surface area (Å²) in [6.07, 6.45) is 3.08. The van der Waals surface area contributed by atoms with Crippen LogP contribution in [0.3, 0.4) is 0 Å². The molecule has 1 unspecified atom stereocenters. The Kier molecular flexibility index (Phi) is 5.01. The molecule has 0 bridgehead atoms. The summed E-state index contributed by atoms with van der Waals surface area (Å²) in [5.41, 5.74) is 5.95. The van der Waals surface area contributed by atoms with Crippen LogP contribution in [-0.4, -0.2) is 38.0 Å². The minimum atomic E-state index is -0.528. The van der Waals surface area contributed by atoms with Gasteiger partial charge in [0.2, 0.25) is 5.91 Å². The number of hydroxylamine groups is 1. The molecule has 5 rings (SSSR count). The van der Waals surface area contributed by atoms with Crippen LogP contribution >= 0.6 is 0 Å². The summed E-state index contributed by atoms with van der Waals surface area (Å²) in [4.78, 5) is 32.3. The molecule has 166 valence electrons. The fraction of sp³-hybridized carbons (Fsp3) is 0.400. The molecular weight excluding hydrogens is 404 g/mol. The normalized spacial score (nSPS) is 20.4. The standard InChI is InChI=1S/C25H28N4O3/c1-16(2)29-21-6-4-3-5-20(21)26-22(29)15-28-12-11-25(24(28)31)10-9-17-7-8-18(23(30)27-32)13-19(17)14-25/h3-8,13,16,32H,9-12,14-15H2,1-2H3,(H,27,30). The maximum absolute atomic E-state index is 13.6. The van der Waals surface area contributed by atoms with Crippen molar-refractivity contribution in [1.29, 1.82) is 0 Å². The van der Waals surface area contributed by atoms with E-state index in [9.17, 15) is 9.59 Å². The van der Waals surface area contributed by atoms with Crippen molar-refractivity contribution in [3.63, 3.8) is 0 Å². The number of rotatable bonds is 4. The van der Waals surface area contributed by atoms with Gasteiger partial charge < -0.3 is 9.47 Å². The van der Waals surface area contributed by atoms with Crippen LogP contribution in [0.5, 0.6) is 0 Å². The van der Waals surface area contributed by atoms with Gasteiger partial charge in [0.1, 0.15) is 5.82 Å². The first-order valence-electron chi connectivity index (χ1n) is 11.2. The number of benzene rings is 2. The first-order valence-corrected chi connectivity index (χ1v) is 11.2. The van der Waals surface area contributed by atoms with Gasteiger partial charge in [-0.2, -0.15) is 0 Å². The number of aryl methyl sites for hydroxylation is 1. The maximum Gasteiger partial charge on any atom is 0.274 e. The fourth-order valence-electron chi connectivity index (χ4n) is 5.46. The monoisotopic (exact) mass is 432 g/mol. The van der Waals surface area contributed by atoms with Gasteiger partial charge in [-0.25, -0.2) is 10.5 Å². The number of hydrogen-bond donors (Lipinski definition) is 2. The highest BCUT2D eigenvalue weighted by Crippen LogP contribution is 2.44. The Morgan fingerprint density at radius 2 is 2.00 bits per heavy atom. The van der Waals surface area contributed by atoms with Gasteiger partial charge in [0.15, 0.2) is 0 Å². The van der Waals surface area contributed by atoms with Gasteiger partial charge in [-0.05, 0) is 74.9 Å². The van der Waals surface area contributed by atoms with E-state index in [4.69, 9.17) is 10.2 Å². The van der Waals surface area contributed by atoms with Crippen molar-refractivity contribution in [3.8, 4) is 0 Å². The van der Waals surface area contributed by atoms with E-state index in [-0.39, 0.29) is 11.9 Å². The van der Waals surface area contributed by atoms with Crippen LogP contribution in [0, 0.1) is 5.41 Å². The van der Waals surface area contributed by atoms with E-state index in [2.05, 4.69) is 24.5 Å². The van der Waals surface area contributed by atoms with Crippen molar-refractivity contribution in [2.75, 3.05) is 6.54 Å². The average molecular weight is 433 g/mol. The molecule has 0 saturated carbocycles. The van der Waals surface area contributed by atoms with Gasteiger partial charge >= 0.3 is 0 Å². The molecule has 1 saturated heterocycles. The number of nitrogens with zero attached hydrogens (tertiary/aromatic N) is 3. The SMILES string of the molecule is CC(C)n1c(CN2CCC3(CCc4ccc(C(=O)NO)cc4C3)C2=O)nc2ccccc21. The summed E-state index contributed by atoms with van der Waals surface area (Å²) in [7, 11) is 0. The maximum atomic E-state index is 13.6. The van der Waals surface area contributed by atoms with E-state index in [1.807, 2.05) is 35.2 Å². The molecule has 1 atom stereocenters. The third-order valence-electron chi connectivity index (χ3n) is 7.09. The molecule has 2 amide bonds. The number of para-hydroxylation sites is 2. The molecule has 1 aliphatic heterocycles. The number of nitrogens with one attached hydrogen (secondary N) is 1. The lowest BCUT2D eigenvalue weighted by Gasteiger charge is -2.33. The second-order valence-corrected chi connectivity index (χ2v) is 9.34. The Balaban J connectivity index is 1.41. The lowest BCUT2D eigenvalue weighted by molar-refractivity contribution is -0.137. The number of imidazole rings is 1. The Bertz CT molecular complexity index is 1220. The third kappa shape index (κ3) is 3.28. The molecule has 2 N–H and O–H groups in total. The average Bonchev–Trinajstić information content (AvgIpc) is 3.31. The van der Waals surface area contributed by atoms with Crippen molar-refractivity contribution in [2.45, 2.75) is 52.1 Å². The molecule has 2 heterocycles. The Labute approximate surface area is 187 Å². The second kappa shape index (κ2) is 7.74. The summed E-state index contributed by atoms with van der Waals surface area (Å²) in [5.74, 6) is 0.576. The van der Waals surface area contributed by atoms with Crippen molar-refractivity contribution < 1.29 is 14.8 Å². The number of carbonyl (C=O) groups excluding carboxylic acids is 2. The number of aromatic nitrogens is 2. The van der Waals surface area contributed by atoms with Gasteiger partial charge in [-0.15, -0.1) is 0 Å². The van der Waals surface area contributed by atoms with Crippen molar-refractivity contribution in [2.24, 2.45) is 5.41 Å². The molecule has 3 aromatic rings. The number of amides is 2. The number of carbonyl (C=O) groups is 2. The largest absolute Gasteiger partial charge is 0.335 e. The molecule has 7 heteroatoms. The summed E-state index contributed by atoms with van der Waals surface area (Å²) < 4.78 is 2.23. The smallest absolute Gasteiger partial charge is 0.274 e. The topological polar surface area (TPSA) is 87.5 Å². The zero-order chi connectivity index (χ0) is 22.5. The lowest BCUT2D eigenvalue weighted by atomic mass is 9.70. The van der Waals surface area contributed by atoms with E-state index in [0.717, 1.165) is 41.7 Å². The van der Waals surface area contributed by atoms with Gasteiger partial charge in [-0.1, -0.05) is 18.2 Å². The van der Waals surface area contributed by atoms with Crippen LogP contribution in [0.2, 0.25) is 0 Å². The molecule has 1 spiro atoms. The quantitative estimate of drug-likeness (QED) is 0.487. The van der Waals surface area contributed by atoms with E-state index < -0.39 is 11.3 Å². The minimum Gasteiger partial charge on any atom is -0.335 e. The van der Waals surface area contributed by atoms with Gasteiger partial charge in [0.25, 0.3) is 5.91 Å². The van der Waals surface area contributed by atoms with E-state index in [1.165, 1.54) is 5.56 Å². The zero-order valence-corrected chi connectivity index (χ0v) is 18.5. The molecule has 32 heavy (non-hydrogen) atoms. The van der Waals surface area contributed by atoms with Crippen molar-refractivity contribution >= 4 is 22.8 Å². The molecule has 2 aliphatic rings. The van der Waals surface area contributed by atoms with Crippen LogP contribution in [0.25, 0.3) is 11.0 Å². The lowest BCUT2D eigenvalue weighted by Crippen LogP contribution is -2.39. The Morgan fingerprint density at radius 3 is 2.78 bits per heavy atom. The summed E-state index contributed by atoms with van der Waals surface area (Å²) in [6.45, 7) is 5.51. The van der Waals surface area contributed by atoms with Crippen molar-refractivity contribution in [3.05, 3.63) is 65.0 Å². The highest BCUT2D eigenvalue weighted by atomic mass is 16.5. The van der Waals surface area contributed by atoms with Crippen LogP contribution in [-0.2, 0) is 24.2 Å². The molecule has 2 aromatic carbocycles. The highest BCUT2D eigenvalue weighted by Gasteiger charge is 2.48. The number of likely N-dealkylation sites (tertiary alicyclic amines) is 1. The Morgan fingerprint density at radius 1 is 1.19 bits per heavy atom. The molecular formula is C25H28N4O3. The molecule has 1 aromatic heterocycles. The predicted molar refractivity (Wildman–Crippen MR) is 120 cm³/mol. The second-order valence-electron chi connectivity index (χ2n) is 9.34. The molecule has 1 fully saturated rings. The number of fused-ring (bicyclic) bond motifs is 2. The fourth-order valence-corrected chi connectivity index (χ4v) is 5.46. The van der Waals surface area contributed by atoms with E-state index in [1.54, 1.807) is 11.5 Å². The molecule has 0 radical (unpaired) electrons. The van der Waals surface area contributed by atoms with E-state index in [0.29, 0.717) is 25.1 Å². The first-order chi connectivity index (χ1) is 15.4. The van der Waals surface area contributed by atoms with E-state index >= 15 is 0 Å². The summed E-state index contributed by atoms with van der Waals surface area (Å²) in [5, 5.41) is 8.96. The summed E-state index contributed by atoms with van der Waals surface area (Å²) in [6, 6.07) is 13.8. The van der Waals surface area contributed by atoms with Gasteiger partial charge in [-0.3, -0.25) is 14.8 Å². The van der Waals surface area contributed by atoms with Crippen molar-refractivity contribution in [1.82, 2.24) is 19.9 Å². The van der Waals surface area contributed by atoms with Crippen LogP contribution in [0.1, 0.15) is 60.0 Å². The molecule has 1 aliphatic carbocycles. The number of hydrogen-bond acceptors (Lipinski definition) is 4. The minimum absolute atomic E-state index is 0.183. The van der Waals surface area contributed by atoms with Gasteiger partial charge in [0.05, 0.1) is 23.0 Å². The zero-order valence-electron chi connectivity index (χ0n) is 18.5. The Hall–Kier alpha value is -3.19. The third-order valence-corrected chi connectivity index (χ3v) is 7.09. The van der Waals surface area contributed by atoms with Crippen LogP contribution in [0.15, 0.2) is 42.5 Å². The first kappa shape index (κ1) is 20.7.